The highest BCUT2D eigenvalue weighted by molar-refractivity contribution is 5.83. The van der Waals surface area contributed by atoms with Gasteiger partial charge in [0.1, 0.15) is 6.04 Å². The molecule has 2 unspecified atom stereocenters. The molecule has 1 aliphatic heterocycles. The molecule has 0 bridgehead atoms. The third-order valence-corrected chi connectivity index (χ3v) is 4.73. The van der Waals surface area contributed by atoms with Gasteiger partial charge in [-0.1, -0.05) is 42.5 Å². The minimum Gasteiger partial charge on any atom is -0.378 e. The second-order valence-corrected chi connectivity index (χ2v) is 6.57. The molecule has 0 spiro atoms. The summed E-state index contributed by atoms with van der Waals surface area (Å²) < 4.78 is 0. The van der Waals surface area contributed by atoms with E-state index in [1.54, 1.807) is 0 Å². The van der Waals surface area contributed by atoms with E-state index in [1.165, 1.54) is 5.56 Å². The minimum atomic E-state index is -0.594. The maximum absolute atomic E-state index is 12.9. The first kappa shape index (κ1) is 16.5. The molecular weight excluding hydrogens is 298 g/mol. The molecule has 1 fully saturated rings. The maximum Gasteiger partial charge on any atom is 0.244 e. The van der Waals surface area contributed by atoms with E-state index in [1.807, 2.05) is 49.3 Å². The summed E-state index contributed by atoms with van der Waals surface area (Å²) in [5, 5.41) is 0. The van der Waals surface area contributed by atoms with Crippen LogP contribution in [0.3, 0.4) is 0 Å². The summed E-state index contributed by atoms with van der Waals surface area (Å²) in [6.07, 6.45) is 2.01. The summed E-state index contributed by atoms with van der Waals surface area (Å²) in [6, 6.07) is 17.6. The Kier molecular flexibility index (Phi) is 4.86. The molecule has 1 amide bonds. The van der Waals surface area contributed by atoms with Crippen LogP contribution < -0.4 is 10.6 Å². The third kappa shape index (κ3) is 3.29. The smallest absolute Gasteiger partial charge is 0.244 e. The summed E-state index contributed by atoms with van der Waals surface area (Å²) >= 11 is 0. The molecule has 3 rings (SSSR count). The first-order valence-electron chi connectivity index (χ1n) is 8.46. The molecule has 0 radical (unpaired) electrons. The molecule has 0 aliphatic carbocycles. The van der Waals surface area contributed by atoms with Gasteiger partial charge >= 0.3 is 0 Å². The molecule has 1 heterocycles. The summed E-state index contributed by atoms with van der Waals surface area (Å²) in [5.74, 6) is 0.0129. The normalized spacial score (nSPS) is 18.5. The van der Waals surface area contributed by atoms with E-state index in [2.05, 4.69) is 29.2 Å². The number of anilines is 1. The second kappa shape index (κ2) is 7.05. The predicted octanol–water partition coefficient (Wildman–Crippen LogP) is 3.12. The van der Waals surface area contributed by atoms with E-state index in [4.69, 9.17) is 5.73 Å². The van der Waals surface area contributed by atoms with Crippen molar-refractivity contribution in [2.45, 2.75) is 24.9 Å². The van der Waals surface area contributed by atoms with E-state index >= 15 is 0 Å². The van der Waals surface area contributed by atoms with Crippen molar-refractivity contribution >= 4 is 11.6 Å². The number of hydrogen-bond donors (Lipinski definition) is 1. The topological polar surface area (TPSA) is 49.6 Å². The lowest BCUT2D eigenvalue weighted by atomic mass is 10.0. The van der Waals surface area contributed by atoms with Gasteiger partial charge in [0.25, 0.3) is 0 Å². The summed E-state index contributed by atoms with van der Waals surface area (Å²) in [6.45, 7) is 0.774. The summed E-state index contributed by atoms with van der Waals surface area (Å²) in [5.41, 5.74) is 9.45. The first-order chi connectivity index (χ1) is 11.6. The van der Waals surface area contributed by atoms with Crippen molar-refractivity contribution in [3.63, 3.8) is 0 Å². The van der Waals surface area contributed by atoms with Crippen LogP contribution >= 0.6 is 0 Å². The van der Waals surface area contributed by atoms with Crippen LogP contribution in [0.2, 0.25) is 0 Å². The molecule has 24 heavy (non-hydrogen) atoms. The Hall–Kier alpha value is -2.33. The van der Waals surface area contributed by atoms with Crippen molar-refractivity contribution in [3.05, 3.63) is 65.7 Å². The Balaban J connectivity index is 1.83. The monoisotopic (exact) mass is 323 g/mol. The number of amides is 1. The molecule has 4 nitrogen and oxygen atoms in total. The van der Waals surface area contributed by atoms with Crippen LogP contribution in [-0.2, 0) is 4.79 Å². The third-order valence-electron chi connectivity index (χ3n) is 4.73. The van der Waals surface area contributed by atoms with Gasteiger partial charge in [-0.2, -0.15) is 0 Å². The van der Waals surface area contributed by atoms with Gasteiger partial charge in [-0.05, 0) is 36.1 Å². The van der Waals surface area contributed by atoms with Crippen LogP contribution in [0, 0.1) is 0 Å². The lowest BCUT2D eigenvalue weighted by Crippen LogP contribution is -2.38. The molecule has 1 aliphatic rings. The van der Waals surface area contributed by atoms with Crippen LogP contribution in [-0.4, -0.2) is 31.4 Å². The van der Waals surface area contributed by atoms with Crippen LogP contribution in [0.5, 0.6) is 0 Å². The quantitative estimate of drug-likeness (QED) is 0.940. The first-order valence-corrected chi connectivity index (χ1v) is 8.46. The number of benzene rings is 2. The van der Waals surface area contributed by atoms with Crippen molar-refractivity contribution in [1.29, 1.82) is 0 Å². The molecule has 0 aromatic heterocycles. The lowest BCUT2D eigenvalue weighted by molar-refractivity contribution is -0.133. The Morgan fingerprint density at radius 1 is 1.17 bits per heavy atom. The number of carbonyl (C=O) groups is 1. The number of likely N-dealkylation sites (tertiary alicyclic amines) is 1. The van der Waals surface area contributed by atoms with Crippen molar-refractivity contribution < 1.29 is 4.79 Å². The molecule has 1 saturated heterocycles. The van der Waals surface area contributed by atoms with Gasteiger partial charge in [-0.3, -0.25) is 4.79 Å². The lowest BCUT2D eigenvalue weighted by Gasteiger charge is -2.28. The van der Waals surface area contributed by atoms with Gasteiger partial charge in [-0.15, -0.1) is 0 Å². The van der Waals surface area contributed by atoms with Gasteiger partial charge < -0.3 is 15.5 Å². The molecule has 2 aromatic rings. The zero-order valence-corrected chi connectivity index (χ0v) is 14.4. The molecular formula is C20H25N3O. The van der Waals surface area contributed by atoms with Crippen molar-refractivity contribution in [3.8, 4) is 0 Å². The Bertz CT molecular complexity index is 699. The van der Waals surface area contributed by atoms with Crippen LogP contribution in [0.25, 0.3) is 0 Å². The largest absolute Gasteiger partial charge is 0.378 e. The fourth-order valence-electron chi connectivity index (χ4n) is 3.37. The zero-order chi connectivity index (χ0) is 17.1. The van der Waals surface area contributed by atoms with Crippen LogP contribution in [0.1, 0.15) is 36.1 Å². The second-order valence-electron chi connectivity index (χ2n) is 6.57. The number of carbonyl (C=O) groups excluding carboxylic acids is 1. The molecule has 126 valence electrons. The van der Waals surface area contributed by atoms with E-state index in [-0.39, 0.29) is 11.9 Å². The van der Waals surface area contributed by atoms with Gasteiger partial charge in [-0.25, -0.2) is 0 Å². The van der Waals surface area contributed by atoms with Gasteiger partial charge in [0, 0.05) is 26.3 Å². The molecule has 2 atom stereocenters. The number of hydrogen-bond acceptors (Lipinski definition) is 3. The SMILES string of the molecule is CN(C)c1cccc(C2CCCN2C(=O)C(N)c2ccccc2)c1. The molecule has 2 N–H and O–H groups in total. The van der Waals surface area contributed by atoms with Crippen molar-refractivity contribution in [2.75, 3.05) is 25.5 Å². The maximum atomic E-state index is 12.9. The number of nitrogens with two attached hydrogens (primary N) is 1. The highest BCUT2D eigenvalue weighted by Gasteiger charge is 2.33. The molecule has 4 heteroatoms. The van der Waals surface area contributed by atoms with Gasteiger partial charge in [0.15, 0.2) is 0 Å². The van der Waals surface area contributed by atoms with Crippen molar-refractivity contribution in [1.82, 2.24) is 4.90 Å². The van der Waals surface area contributed by atoms with E-state index in [0.717, 1.165) is 30.6 Å². The zero-order valence-electron chi connectivity index (χ0n) is 14.4. The van der Waals surface area contributed by atoms with Crippen LogP contribution in [0.4, 0.5) is 5.69 Å². The number of rotatable bonds is 4. The highest BCUT2D eigenvalue weighted by atomic mass is 16.2. The number of nitrogens with zero attached hydrogens (tertiary/aromatic N) is 2. The minimum absolute atomic E-state index is 0.0129. The fourth-order valence-corrected chi connectivity index (χ4v) is 3.37. The van der Waals surface area contributed by atoms with Crippen LogP contribution in [0.15, 0.2) is 54.6 Å². The fraction of sp³-hybridized carbons (Fsp3) is 0.350. The van der Waals surface area contributed by atoms with E-state index in [0.29, 0.717) is 0 Å². The molecule has 0 saturated carbocycles. The van der Waals surface area contributed by atoms with E-state index in [9.17, 15) is 4.79 Å². The van der Waals surface area contributed by atoms with Crippen molar-refractivity contribution in [2.24, 2.45) is 5.73 Å². The molecule has 2 aromatic carbocycles. The average Bonchev–Trinajstić information content (AvgIpc) is 3.11. The Labute approximate surface area is 143 Å². The summed E-state index contributed by atoms with van der Waals surface area (Å²) in [4.78, 5) is 17.0. The Morgan fingerprint density at radius 2 is 1.92 bits per heavy atom. The van der Waals surface area contributed by atoms with Gasteiger partial charge in [0.05, 0.1) is 6.04 Å². The Morgan fingerprint density at radius 3 is 2.62 bits per heavy atom. The standard InChI is InChI=1S/C20H25N3O/c1-22(2)17-11-6-10-16(14-17)18-12-7-13-23(18)20(24)19(21)15-8-4-3-5-9-15/h3-6,8-11,14,18-19H,7,12-13,21H2,1-2H3. The predicted molar refractivity (Wildman–Crippen MR) is 97.8 cm³/mol. The highest BCUT2D eigenvalue weighted by Crippen LogP contribution is 2.35. The summed E-state index contributed by atoms with van der Waals surface area (Å²) in [7, 11) is 4.06. The van der Waals surface area contributed by atoms with E-state index < -0.39 is 6.04 Å². The van der Waals surface area contributed by atoms with Gasteiger partial charge in [0.2, 0.25) is 5.91 Å². The average molecular weight is 323 g/mol.